The number of H-pyrrole nitrogens is 1. The maximum atomic E-state index is 13.2. The summed E-state index contributed by atoms with van der Waals surface area (Å²) in [7, 11) is 1.53. The quantitative estimate of drug-likeness (QED) is 0.779. The van der Waals surface area contributed by atoms with E-state index in [1.165, 1.54) is 29.8 Å². The number of amides is 1. The normalized spacial score (nSPS) is 20.9. The summed E-state index contributed by atoms with van der Waals surface area (Å²) >= 11 is 5.05. The van der Waals surface area contributed by atoms with Gasteiger partial charge in [0, 0.05) is 18.7 Å². The van der Waals surface area contributed by atoms with Crippen molar-refractivity contribution in [3.05, 3.63) is 38.9 Å². The maximum Gasteiger partial charge on any atom is 0.393 e. The summed E-state index contributed by atoms with van der Waals surface area (Å²) in [5.74, 6) is -2.12. The molecule has 1 aliphatic carbocycles. The minimum atomic E-state index is -4.33. The summed E-state index contributed by atoms with van der Waals surface area (Å²) in [6, 6.07) is 3.41. The van der Waals surface area contributed by atoms with E-state index in [0.717, 1.165) is 0 Å². The number of aromatic amines is 1. The van der Waals surface area contributed by atoms with Gasteiger partial charge in [0.05, 0.1) is 16.8 Å². The summed E-state index contributed by atoms with van der Waals surface area (Å²) in [5, 5.41) is 2.87. The van der Waals surface area contributed by atoms with Crippen LogP contribution in [0.5, 0.6) is 0 Å². The Labute approximate surface area is 152 Å². The zero-order valence-electron chi connectivity index (χ0n) is 14.0. The van der Waals surface area contributed by atoms with Crippen LogP contribution in [0.15, 0.2) is 23.0 Å². The number of hydrogen-bond acceptors (Lipinski definition) is 3. The van der Waals surface area contributed by atoms with Crippen molar-refractivity contribution in [2.24, 2.45) is 13.0 Å². The average Bonchev–Trinajstić information content (AvgIpc) is 2.59. The number of fused-ring (bicyclic) bond motifs is 1. The van der Waals surface area contributed by atoms with Gasteiger partial charge >= 0.3 is 6.18 Å². The van der Waals surface area contributed by atoms with Crippen molar-refractivity contribution in [2.45, 2.75) is 37.9 Å². The Hall–Kier alpha value is -2.16. The van der Waals surface area contributed by atoms with E-state index in [4.69, 9.17) is 12.2 Å². The molecule has 0 unspecified atom stereocenters. The molecule has 9 heteroatoms. The van der Waals surface area contributed by atoms with E-state index in [0.29, 0.717) is 30.2 Å². The molecule has 0 aliphatic heterocycles. The van der Waals surface area contributed by atoms with E-state index in [1.54, 1.807) is 0 Å². The highest BCUT2D eigenvalue weighted by molar-refractivity contribution is 7.71. The second-order valence-electron chi connectivity index (χ2n) is 6.57. The van der Waals surface area contributed by atoms with Crippen molar-refractivity contribution in [3.63, 3.8) is 0 Å². The molecule has 1 heterocycles. The molecule has 0 spiro atoms. The molecule has 1 saturated carbocycles. The lowest BCUT2D eigenvalue weighted by Gasteiger charge is -2.33. The van der Waals surface area contributed by atoms with Crippen LogP contribution in [0.25, 0.3) is 10.9 Å². The number of rotatable bonds is 2. The molecule has 1 aliphatic rings. The highest BCUT2D eigenvalue weighted by atomic mass is 32.1. The van der Waals surface area contributed by atoms with Gasteiger partial charge in [0.25, 0.3) is 11.5 Å². The van der Waals surface area contributed by atoms with Crippen LogP contribution in [0, 0.1) is 10.7 Å². The van der Waals surface area contributed by atoms with Gasteiger partial charge in [0.15, 0.2) is 4.77 Å². The topological polar surface area (TPSA) is 66.9 Å². The first kappa shape index (κ1) is 18.6. The zero-order valence-corrected chi connectivity index (χ0v) is 14.8. The molecule has 5 nitrogen and oxygen atoms in total. The first-order chi connectivity index (χ1) is 12.2. The SMILES string of the molecule is Cn1c(=S)[nH]c2cc(C(=O)N[C@H]3CCCC[C@@H]3C(F)(F)F)ccc2c1=O. The molecular weight excluding hydrogens is 367 g/mol. The Morgan fingerprint density at radius 2 is 2.00 bits per heavy atom. The summed E-state index contributed by atoms with van der Waals surface area (Å²) in [5.41, 5.74) is 0.254. The van der Waals surface area contributed by atoms with Crippen LogP contribution in [0.1, 0.15) is 36.0 Å². The minimum Gasteiger partial charge on any atom is -0.349 e. The number of hydrogen-bond donors (Lipinski definition) is 2. The van der Waals surface area contributed by atoms with Crippen LogP contribution in [0.3, 0.4) is 0 Å². The third-order valence-electron chi connectivity index (χ3n) is 4.87. The number of halogens is 3. The number of carbonyl (C=O) groups is 1. The Kier molecular flexibility index (Phi) is 4.92. The van der Waals surface area contributed by atoms with Crippen LogP contribution in [0.4, 0.5) is 13.2 Å². The van der Waals surface area contributed by atoms with Crippen LogP contribution in [-0.2, 0) is 7.05 Å². The van der Waals surface area contributed by atoms with Crippen LogP contribution in [-0.4, -0.2) is 27.7 Å². The third kappa shape index (κ3) is 3.53. The molecular formula is C17H18F3N3O2S. The molecule has 0 bridgehead atoms. The van der Waals surface area contributed by atoms with Crippen LogP contribution in [0.2, 0.25) is 0 Å². The summed E-state index contributed by atoms with van der Waals surface area (Å²) in [6.45, 7) is 0. The van der Waals surface area contributed by atoms with Gasteiger partial charge in [-0.3, -0.25) is 14.2 Å². The number of benzene rings is 1. The Bertz CT molecular complexity index is 964. The number of nitrogens with zero attached hydrogens (tertiary/aromatic N) is 1. The first-order valence-corrected chi connectivity index (χ1v) is 8.70. The lowest BCUT2D eigenvalue weighted by atomic mass is 9.84. The summed E-state index contributed by atoms with van der Waals surface area (Å²) in [6.07, 6.45) is -2.86. The monoisotopic (exact) mass is 385 g/mol. The van der Waals surface area contributed by atoms with E-state index in [1.807, 2.05) is 0 Å². The molecule has 1 aromatic carbocycles. The first-order valence-electron chi connectivity index (χ1n) is 8.29. The van der Waals surface area contributed by atoms with Crippen molar-refractivity contribution in [2.75, 3.05) is 0 Å². The minimum absolute atomic E-state index is 0.0231. The molecule has 3 rings (SSSR count). The van der Waals surface area contributed by atoms with Crippen molar-refractivity contribution in [3.8, 4) is 0 Å². The molecule has 1 fully saturated rings. The van der Waals surface area contributed by atoms with E-state index in [-0.39, 0.29) is 22.3 Å². The predicted octanol–water partition coefficient (Wildman–Crippen LogP) is 3.45. The van der Waals surface area contributed by atoms with Gasteiger partial charge in [-0.1, -0.05) is 12.8 Å². The van der Waals surface area contributed by atoms with Gasteiger partial charge in [-0.15, -0.1) is 0 Å². The van der Waals surface area contributed by atoms with Crippen molar-refractivity contribution in [1.82, 2.24) is 14.9 Å². The summed E-state index contributed by atoms with van der Waals surface area (Å²) in [4.78, 5) is 27.5. The molecule has 0 saturated heterocycles. The third-order valence-corrected chi connectivity index (χ3v) is 5.24. The molecule has 1 aromatic heterocycles. The Morgan fingerprint density at radius 1 is 1.31 bits per heavy atom. The fourth-order valence-corrected chi connectivity index (χ4v) is 3.59. The average molecular weight is 385 g/mol. The van der Waals surface area contributed by atoms with Gasteiger partial charge in [-0.25, -0.2) is 0 Å². The molecule has 2 atom stereocenters. The Morgan fingerprint density at radius 3 is 2.69 bits per heavy atom. The van der Waals surface area contributed by atoms with Gasteiger partial charge < -0.3 is 10.3 Å². The highest BCUT2D eigenvalue weighted by Crippen LogP contribution is 2.37. The van der Waals surface area contributed by atoms with Gasteiger partial charge in [-0.2, -0.15) is 13.2 Å². The van der Waals surface area contributed by atoms with E-state index < -0.39 is 24.0 Å². The predicted molar refractivity (Wildman–Crippen MR) is 93.6 cm³/mol. The number of nitrogens with one attached hydrogen (secondary N) is 2. The zero-order chi connectivity index (χ0) is 19.1. The van der Waals surface area contributed by atoms with E-state index in [2.05, 4.69) is 10.3 Å². The smallest absolute Gasteiger partial charge is 0.349 e. The number of aromatic nitrogens is 2. The Balaban J connectivity index is 1.89. The van der Waals surface area contributed by atoms with Crippen LogP contribution >= 0.6 is 12.2 Å². The van der Waals surface area contributed by atoms with Crippen molar-refractivity contribution in [1.29, 1.82) is 0 Å². The van der Waals surface area contributed by atoms with Gasteiger partial charge in [0.2, 0.25) is 0 Å². The summed E-state index contributed by atoms with van der Waals surface area (Å²) < 4.78 is 41.0. The van der Waals surface area contributed by atoms with Crippen LogP contribution < -0.4 is 10.9 Å². The molecule has 2 aromatic rings. The molecule has 140 valence electrons. The molecule has 1 amide bonds. The number of carbonyl (C=O) groups excluding carboxylic acids is 1. The standard InChI is InChI=1S/C17H18F3N3O2S/c1-23-15(25)10-7-6-9(8-13(10)22-16(23)26)14(24)21-12-5-3-2-4-11(12)17(18,19)20/h6-8,11-12H,2-5H2,1H3,(H,21,24)(H,22,26)/t11-,12-/m0/s1. The highest BCUT2D eigenvalue weighted by Gasteiger charge is 2.46. The molecule has 0 radical (unpaired) electrons. The second-order valence-corrected chi connectivity index (χ2v) is 6.95. The van der Waals surface area contributed by atoms with Gasteiger partial charge in [0.1, 0.15) is 0 Å². The van der Waals surface area contributed by atoms with Crippen molar-refractivity contribution >= 4 is 29.0 Å². The van der Waals surface area contributed by atoms with Crippen molar-refractivity contribution < 1.29 is 18.0 Å². The fraction of sp³-hybridized carbons (Fsp3) is 0.471. The molecule has 26 heavy (non-hydrogen) atoms. The fourth-order valence-electron chi connectivity index (χ4n) is 3.39. The van der Waals surface area contributed by atoms with Gasteiger partial charge in [-0.05, 0) is 43.3 Å². The lowest BCUT2D eigenvalue weighted by Crippen LogP contribution is -2.47. The number of alkyl halides is 3. The lowest BCUT2D eigenvalue weighted by molar-refractivity contribution is -0.187. The van der Waals surface area contributed by atoms with E-state index >= 15 is 0 Å². The second kappa shape index (κ2) is 6.86. The largest absolute Gasteiger partial charge is 0.393 e. The van der Waals surface area contributed by atoms with E-state index in [9.17, 15) is 22.8 Å². The maximum absolute atomic E-state index is 13.2. The molecule has 2 N–H and O–H groups in total.